The highest BCUT2D eigenvalue weighted by Gasteiger charge is 2.27. The Kier molecular flexibility index (Phi) is 2.78. The SMILES string of the molecule is O=C1CN(c2cccc3c2CCCC3)CC(=O)O1. The van der Waals surface area contributed by atoms with Gasteiger partial charge < -0.3 is 9.64 Å². The lowest BCUT2D eigenvalue weighted by atomic mass is 9.90. The van der Waals surface area contributed by atoms with Crippen molar-refractivity contribution in [2.45, 2.75) is 25.7 Å². The number of hydrogen-bond acceptors (Lipinski definition) is 4. The predicted octanol–water partition coefficient (Wildman–Crippen LogP) is 1.46. The molecular weight excluding hydrogens is 230 g/mol. The van der Waals surface area contributed by atoms with Gasteiger partial charge in [-0.15, -0.1) is 0 Å². The monoisotopic (exact) mass is 245 g/mol. The molecule has 0 aromatic heterocycles. The maximum absolute atomic E-state index is 11.3. The normalized spacial score (nSPS) is 19.4. The second-order valence-electron chi connectivity index (χ2n) is 4.82. The number of carbonyl (C=O) groups excluding carboxylic acids is 2. The summed E-state index contributed by atoms with van der Waals surface area (Å²) in [7, 11) is 0. The van der Waals surface area contributed by atoms with Crippen LogP contribution in [0.4, 0.5) is 5.69 Å². The van der Waals surface area contributed by atoms with E-state index >= 15 is 0 Å². The smallest absolute Gasteiger partial charge is 0.333 e. The topological polar surface area (TPSA) is 46.6 Å². The number of carbonyl (C=O) groups is 2. The Morgan fingerprint density at radius 2 is 1.72 bits per heavy atom. The number of morpholine rings is 1. The molecule has 1 fully saturated rings. The molecule has 0 radical (unpaired) electrons. The third-order valence-corrected chi connectivity index (χ3v) is 3.58. The maximum atomic E-state index is 11.3. The van der Waals surface area contributed by atoms with Gasteiger partial charge in [0, 0.05) is 5.69 Å². The van der Waals surface area contributed by atoms with Crippen LogP contribution in [0.3, 0.4) is 0 Å². The van der Waals surface area contributed by atoms with Gasteiger partial charge in [0.2, 0.25) is 0 Å². The molecule has 18 heavy (non-hydrogen) atoms. The molecule has 0 spiro atoms. The molecule has 0 saturated carbocycles. The van der Waals surface area contributed by atoms with Crippen LogP contribution in [0.25, 0.3) is 0 Å². The molecule has 94 valence electrons. The van der Waals surface area contributed by atoms with E-state index in [1.807, 2.05) is 17.0 Å². The van der Waals surface area contributed by atoms with Gasteiger partial charge in [0.1, 0.15) is 13.1 Å². The Labute approximate surface area is 106 Å². The minimum Gasteiger partial charge on any atom is -0.390 e. The van der Waals surface area contributed by atoms with E-state index in [0.29, 0.717) is 0 Å². The van der Waals surface area contributed by atoms with Crippen molar-refractivity contribution in [3.05, 3.63) is 29.3 Å². The first kappa shape index (κ1) is 11.3. The maximum Gasteiger partial charge on any atom is 0.333 e. The van der Waals surface area contributed by atoms with Crippen molar-refractivity contribution < 1.29 is 14.3 Å². The summed E-state index contributed by atoms with van der Waals surface area (Å²) in [5.74, 6) is -0.917. The first-order valence-corrected chi connectivity index (χ1v) is 6.33. The number of cyclic esters (lactones) is 2. The van der Waals surface area contributed by atoms with E-state index in [1.54, 1.807) is 0 Å². The molecule has 4 heteroatoms. The second kappa shape index (κ2) is 4.44. The van der Waals surface area contributed by atoms with Crippen LogP contribution in [0.5, 0.6) is 0 Å². The summed E-state index contributed by atoms with van der Waals surface area (Å²) in [5, 5.41) is 0. The van der Waals surface area contributed by atoms with Gasteiger partial charge in [0.15, 0.2) is 0 Å². The van der Waals surface area contributed by atoms with Crippen molar-refractivity contribution in [3.63, 3.8) is 0 Å². The number of fused-ring (bicyclic) bond motifs is 1. The molecule has 0 amide bonds. The highest BCUT2D eigenvalue weighted by Crippen LogP contribution is 2.30. The summed E-state index contributed by atoms with van der Waals surface area (Å²) in [5.41, 5.74) is 3.67. The first-order valence-electron chi connectivity index (χ1n) is 6.33. The zero-order valence-electron chi connectivity index (χ0n) is 10.1. The van der Waals surface area contributed by atoms with Gasteiger partial charge in [-0.05, 0) is 42.9 Å². The van der Waals surface area contributed by atoms with Crippen LogP contribution in [0.1, 0.15) is 24.0 Å². The van der Waals surface area contributed by atoms with Crippen LogP contribution >= 0.6 is 0 Å². The summed E-state index contributed by atoms with van der Waals surface area (Å²) >= 11 is 0. The van der Waals surface area contributed by atoms with Crippen molar-refractivity contribution in [1.82, 2.24) is 0 Å². The molecule has 2 aliphatic rings. The fourth-order valence-corrected chi connectivity index (χ4v) is 2.79. The van der Waals surface area contributed by atoms with E-state index in [0.717, 1.165) is 18.5 Å². The lowest BCUT2D eigenvalue weighted by Gasteiger charge is -2.30. The summed E-state index contributed by atoms with van der Waals surface area (Å²) in [6.07, 6.45) is 4.52. The van der Waals surface area contributed by atoms with Crippen molar-refractivity contribution in [2.24, 2.45) is 0 Å². The molecule has 1 aromatic rings. The Morgan fingerprint density at radius 1 is 1.00 bits per heavy atom. The third kappa shape index (κ3) is 1.98. The van der Waals surface area contributed by atoms with E-state index in [1.165, 1.54) is 24.0 Å². The molecule has 0 unspecified atom stereocenters. The van der Waals surface area contributed by atoms with Crippen LogP contribution in [0.2, 0.25) is 0 Å². The zero-order chi connectivity index (χ0) is 12.5. The lowest BCUT2D eigenvalue weighted by molar-refractivity contribution is -0.160. The summed E-state index contributed by atoms with van der Waals surface area (Å²) < 4.78 is 4.56. The van der Waals surface area contributed by atoms with Gasteiger partial charge in [0.25, 0.3) is 0 Å². The van der Waals surface area contributed by atoms with Crippen LogP contribution < -0.4 is 4.90 Å². The van der Waals surface area contributed by atoms with Crippen LogP contribution in [0.15, 0.2) is 18.2 Å². The van der Waals surface area contributed by atoms with E-state index in [-0.39, 0.29) is 13.1 Å². The minimum absolute atomic E-state index is 0.169. The predicted molar refractivity (Wildman–Crippen MR) is 66.4 cm³/mol. The Balaban J connectivity index is 1.96. The van der Waals surface area contributed by atoms with E-state index in [9.17, 15) is 9.59 Å². The first-order chi connectivity index (χ1) is 8.74. The minimum atomic E-state index is -0.459. The lowest BCUT2D eigenvalue weighted by Crippen LogP contribution is -2.43. The fraction of sp³-hybridized carbons (Fsp3) is 0.429. The van der Waals surface area contributed by atoms with E-state index in [2.05, 4.69) is 10.8 Å². The molecule has 0 atom stereocenters. The Bertz CT molecular complexity index is 494. The number of rotatable bonds is 1. The standard InChI is InChI=1S/C14H15NO3/c16-13-8-15(9-14(17)18-13)12-7-3-5-10-4-1-2-6-11(10)12/h3,5,7H,1-2,4,6,8-9H2. The average Bonchev–Trinajstić information content (AvgIpc) is 2.37. The largest absolute Gasteiger partial charge is 0.390 e. The number of esters is 2. The highest BCUT2D eigenvalue weighted by atomic mass is 16.6. The number of aryl methyl sites for hydroxylation is 1. The number of nitrogens with zero attached hydrogens (tertiary/aromatic N) is 1. The van der Waals surface area contributed by atoms with Gasteiger partial charge in [-0.1, -0.05) is 12.1 Å². The second-order valence-corrected chi connectivity index (χ2v) is 4.82. The van der Waals surface area contributed by atoms with Gasteiger partial charge in [0.05, 0.1) is 0 Å². The zero-order valence-corrected chi connectivity index (χ0v) is 10.1. The van der Waals surface area contributed by atoms with Crippen LogP contribution in [-0.2, 0) is 27.2 Å². The van der Waals surface area contributed by atoms with Crippen LogP contribution in [0, 0.1) is 0 Å². The van der Waals surface area contributed by atoms with E-state index < -0.39 is 11.9 Å². The molecular formula is C14H15NO3. The number of hydrogen-bond donors (Lipinski definition) is 0. The Morgan fingerprint density at radius 3 is 2.50 bits per heavy atom. The molecule has 1 saturated heterocycles. The van der Waals surface area contributed by atoms with Crippen molar-refractivity contribution >= 4 is 17.6 Å². The summed E-state index contributed by atoms with van der Waals surface area (Å²) in [6, 6.07) is 6.14. The molecule has 0 bridgehead atoms. The summed E-state index contributed by atoms with van der Waals surface area (Å²) in [6.45, 7) is 0.338. The third-order valence-electron chi connectivity index (χ3n) is 3.58. The molecule has 0 N–H and O–H groups in total. The quantitative estimate of drug-likeness (QED) is 0.555. The highest BCUT2D eigenvalue weighted by molar-refractivity contribution is 5.94. The molecule has 1 aliphatic carbocycles. The average molecular weight is 245 g/mol. The molecule has 4 nitrogen and oxygen atoms in total. The van der Waals surface area contributed by atoms with Crippen LogP contribution in [-0.4, -0.2) is 25.0 Å². The van der Waals surface area contributed by atoms with E-state index in [4.69, 9.17) is 0 Å². The van der Waals surface area contributed by atoms with Crippen molar-refractivity contribution in [3.8, 4) is 0 Å². The number of ether oxygens (including phenoxy) is 1. The molecule has 1 aromatic carbocycles. The Hall–Kier alpha value is -1.84. The van der Waals surface area contributed by atoms with Gasteiger partial charge in [-0.2, -0.15) is 0 Å². The molecule has 3 rings (SSSR count). The number of anilines is 1. The molecule has 1 aliphatic heterocycles. The molecule has 1 heterocycles. The van der Waals surface area contributed by atoms with Crippen molar-refractivity contribution in [1.29, 1.82) is 0 Å². The van der Waals surface area contributed by atoms with Crippen molar-refractivity contribution in [2.75, 3.05) is 18.0 Å². The number of benzene rings is 1. The van der Waals surface area contributed by atoms with Gasteiger partial charge in [-0.25, -0.2) is 9.59 Å². The van der Waals surface area contributed by atoms with Gasteiger partial charge >= 0.3 is 11.9 Å². The fourth-order valence-electron chi connectivity index (χ4n) is 2.79. The summed E-state index contributed by atoms with van der Waals surface area (Å²) in [4.78, 5) is 24.5. The van der Waals surface area contributed by atoms with Gasteiger partial charge in [-0.3, -0.25) is 0 Å².